The predicted molar refractivity (Wildman–Crippen MR) is 222 cm³/mol. The van der Waals surface area contributed by atoms with Crippen LogP contribution in [0.4, 0.5) is 20.4 Å². The van der Waals surface area contributed by atoms with Crippen LogP contribution in [0.2, 0.25) is 0 Å². The van der Waals surface area contributed by atoms with Crippen molar-refractivity contribution in [2.75, 3.05) is 95.4 Å². The predicted octanol–water partition coefficient (Wildman–Crippen LogP) is 5.39. The molecule has 2 aromatic heterocycles. The van der Waals surface area contributed by atoms with Gasteiger partial charge in [0.15, 0.2) is 23.1 Å². The molecule has 0 radical (unpaired) electrons. The number of hydrogen-bond acceptors (Lipinski definition) is 10. The van der Waals surface area contributed by atoms with Crippen LogP contribution < -0.4 is 24.6 Å². The van der Waals surface area contributed by atoms with Crippen molar-refractivity contribution < 1.29 is 27.8 Å². The molecule has 0 unspecified atom stereocenters. The molecule has 2 amide bonds. The van der Waals surface area contributed by atoms with Crippen molar-refractivity contribution in [2.24, 2.45) is 0 Å². The van der Waals surface area contributed by atoms with Crippen LogP contribution >= 0.6 is 12.4 Å². The largest absolute Gasteiger partial charge is 0.485 e. The number of amides is 2. The summed E-state index contributed by atoms with van der Waals surface area (Å²) in [5.41, 5.74) is 0.896. The molecule has 58 heavy (non-hydrogen) atoms. The van der Waals surface area contributed by atoms with Crippen LogP contribution in [0, 0.1) is 11.6 Å². The zero-order valence-electron chi connectivity index (χ0n) is 33.0. The number of ether oxygens (including phenoxy) is 2. The molecule has 1 N–H and O–H groups in total. The number of hydrogen-bond donors (Lipinski definition) is 1. The zero-order valence-corrected chi connectivity index (χ0v) is 33.8. The number of halogens is 3. The minimum atomic E-state index is -0.381. The van der Waals surface area contributed by atoms with E-state index in [1.807, 2.05) is 24.3 Å². The molecule has 6 heterocycles. The number of carbonyl (C=O) groups excluding carboxylic acids is 2. The molecular weight excluding hydrogens is 766 g/mol. The maximum Gasteiger partial charge on any atom is 0.272 e. The first kappa shape index (κ1) is 42.6. The lowest BCUT2D eigenvalue weighted by atomic mass is 10.3. The fourth-order valence-electron chi connectivity index (χ4n) is 7.57. The quantitative estimate of drug-likeness (QED) is 0.249. The number of rotatable bonds is 8. The summed E-state index contributed by atoms with van der Waals surface area (Å²) in [4.78, 5) is 45.4. The number of aromatic nitrogens is 2. The van der Waals surface area contributed by atoms with Crippen LogP contribution in [0.1, 0.15) is 46.7 Å². The van der Waals surface area contributed by atoms with E-state index in [0.29, 0.717) is 50.4 Å². The van der Waals surface area contributed by atoms with Crippen molar-refractivity contribution in [1.82, 2.24) is 30.0 Å². The van der Waals surface area contributed by atoms with Crippen molar-refractivity contribution in [2.45, 2.75) is 37.9 Å². The average molecular weight is 819 g/mol. The van der Waals surface area contributed by atoms with Crippen LogP contribution in [0.3, 0.4) is 0 Å². The summed E-state index contributed by atoms with van der Waals surface area (Å²) in [6, 6.07) is 24.0. The van der Waals surface area contributed by atoms with E-state index in [1.165, 1.54) is 12.1 Å². The molecule has 8 rings (SSSR count). The second-order valence-corrected chi connectivity index (χ2v) is 14.9. The maximum atomic E-state index is 13.8. The number of carbonyl (C=O) groups is 2. The van der Waals surface area contributed by atoms with E-state index >= 15 is 0 Å². The molecule has 4 aliphatic heterocycles. The van der Waals surface area contributed by atoms with Gasteiger partial charge in [-0.15, -0.1) is 12.4 Å². The lowest BCUT2D eigenvalue weighted by Crippen LogP contribution is -2.33. The molecule has 4 aromatic rings. The number of nitrogens with zero attached hydrogens (tertiary/aromatic N) is 7. The summed E-state index contributed by atoms with van der Waals surface area (Å²) in [6.45, 7) is 9.68. The molecule has 4 aliphatic rings. The smallest absolute Gasteiger partial charge is 0.272 e. The van der Waals surface area contributed by atoms with E-state index in [2.05, 4.69) is 37.0 Å². The first-order valence-electron chi connectivity index (χ1n) is 20.0. The van der Waals surface area contributed by atoms with E-state index in [4.69, 9.17) is 9.47 Å². The van der Waals surface area contributed by atoms with Gasteiger partial charge in [0.25, 0.3) is 11.8 Å². The Balaban J connectivity index is 0.000000192. The Morgan fingerprint density at radius 2 is 1.12 bits per heavy atom. The number of benzene rings is 2. The highest BCUT2D eigenvalue weighted by molar-refractivity contribution is 5.93. The Labute approximate surface area is 345 Å². The zero-order chi connectivity index (χ0) is 39.6. The average Bonchev–Trinajstić information content (AvgIpc) is 3.74. The highest BCUT2D eigenvalue weighted by atomic mass is 35.5. The van der Waals surface area contributed by atoms with Crippen molar-refractivity contribution in [3.05, 3.63) is 108 Å². The van der Waals surface area contributed by atoms with E-state index in [9.17, 15) is 18.4 Å². The van der Waals surface area contributed by atoms with Crippen LogP contribution in [-0.2, 0) is 0 Å². The minimum Gasteiger partial charge on any atom is -0.485 e. The van der Waals surface area contributed by atoms with E-state index in [0.717, 1.165) is 76.8 Å². The molecular formula is C43H53ClF2N8O4. The van der Waals surface area contributed by atoms with Crippen LogP contribution in [0.25, 0.3) is 0 Å². The van der Waals surface area contributed by atoms with Gasteiger partial charge in [0.05, 0.1) is 13.1 Å². The van der Waals surface area contributed by atoms with Gasteiger partial charge in [0.2, 0.25) is 0 Å². The van der Waals surface area contributed by atoms with Gasteiger partial charge in [-0.3, -0.25) is 9.59 Å². The SMILES string of the molecule is CN1CCCN(c2cccc(C(=O)N3CC[C@@H](Oc4ccccc4F)C3)n2)CC1.Cl.O=C(c1cccc(N2CCCNCC2)n1)N1CC[C@@H](Oc2ccccc2F)C1. The minimum absolute atomic E-state index is 0. The van der Waals surface area contributed by atoms with Gasteiger partial charge in [-0.2, -0.15) is 0 Å². The first-order valence-corrected chi connectivity index (χ1v) is 20.0. The van der Waals surface area contributed by atoms with E-state index < -0.39 is 0 Å². The number of pyridine rings is 2. The van der Waals surface area contributed by atoms with Gasteiger partial charge in [-0.1, -0.05) is 36.4 Å². The molecule has 0 aliphatic carbocycles. The summed E-state index contributed by atoms with van der Waals surface area (Å²) in [7, 11) is 2.13. The number of nitrogens with one attached hydrogen (secondary N) is 1. The molecule has 310 valence electrons. The molecule has 4 saturated heterocycles. The fraction of sp³-hybridized carbons (Fsp3) is 0.442. The molecule has 0 spiro atoms. The van der Waals surface area contributed by atoms with E-state index in [-0.39, 0.29) is 59.6 Å². The van der Waals surface area contributed by atoms with Crippen LogP contribution in [-0.4, -0.2) is 134 Å². The van der Waals surface area contributed by atoms with Crippen LogP contribution in [0.15, 0.2) is 84.9 Å². The number of likely N-dealkylation sites (tertiary alicyclic amines) is 2. The van der Waals surface area contributed by atoms with Gasteiger partial charge in [0, 0.05) is 65.2 Å². The molecule has 2 aromatic carbocycles. The van der Waals surface area contributed by atoms with Gasteiger partial charge < -0.3 is 39.3 Å². The topological polar surface area (TPSA) is 107 Å². The third-order valence-corrected chi connectivity index (χ3v) is 10.7. The summed E-state index contributed by atoms with van der Waals surface area (Å²) < 4.78 is 39.1. The van der Waals surface area contributed by atoms with Gasteiger partial charge in [-0.05, 0) is 81.5 Å². The maximum absolute atomic E-state index is 13.8. The van der Waals surface area contributed by atoms with Crippen LogP contribution in [0.5, 0.6) is 11.5 Å². The third kappa shape index (κ3) is 11.1. The molecule has 2 atom stereocenters. The molecule has 15 heteroatoms. The summed E-state index contributed by atoms with van der Waals surface area (Å²) in [6.07, 6.45) is 3.08. The molecule has 0 saturated carbocycles. The highest BCUT2D eigenvalue weighted by Gasteiger charge is 2.31. The first-order chi connectivity index (χ1) is 27.8. The highest BCUT2D eigenvalue weighted by Crippen LogP contribution is 2.25. The van der Waals surface area contributed by atoms with Crippen molar-refractivity contribution in [1.29, 1.82) is 0 Å². The third-order valence-electron chi connectivity index (χ3n) is 10.7. The summed E-state index contributed by atoms with van der Waals surface area (Å²) >= 11 is 0. The second-order valence-electron chi connectivity index (χ2n) is 14.9. The monoisotopic (exact) mass is 818 g/mol. The Bertz CT molecular complexity index is 1970. The van der Waals surface area contributed by atoms with Gasteiger partial charge >= 0.3 is 0 Å². The summed E-state index contributed by atoms with van der Waals surface area (Å²) in [5.74, 6) is 1.20. The lowest BCUT2D eigenvalue weighted by molar-refractivity contribution is 0.0759. The van der Waals surface area contributed by atoms with E-state index in [1.54, 1.807) is 58.3 Å². The Morgan fingerprint density at radius 3 is 1.67 bits per heavy atom. The van der Waals surface area contributed by atoms with Crippen molar-refractivity contribution in [3.8, 4) is 11.5 Å². The molecule has 4 fully saturated rings. The molecule has 0 bridgehead atoms. The number of likely N-dealkylation sites (N-methyl/N-ethyl adjacent to an activating group) is 1. The Kier molecular flexibility index (Phi) is 15.1. The second kappa shape index (κ2) is 20.6. The fourth-order valence-corrected chi connectivity index (χ4v) is 7.57. The number of para-hydroxylation sites is 2. The normalized spacial score (nSPS) is 20.0. The summed E-state index contributed by atoms with van der Waals surface area (Å²) in [5, 5.41) is 3.37. The van der Waals surface area contributed by atoms with Crippen molar-refractivity contribution >= 4 is 35.9 Å². The lowest BCUT2D eigenvalue weighted by Gasteiger charge is -2.23. The molecule has 12 nitrogen and oxygen atoms in total. The standard InChI is InChI=1S/C22H27FN4O2.C21H25FN4O2.ClH/c1-25-11-5-12-26(15-14-25)21-9-4-7-19(24-21)22(28)27-13-10-17(16-27)29-20-8-3-2-6-18(20)23;22-17-5-1-2-7-19(17)28-16-9-13-26(15-16)21(27)18-6-3-8-20(24-18)25-12-4-10-23-11-14-25;/h2-4,6-9,17H,5,10-16H2,1H3;1-3,5-8,16,23H,4,9-15H2;1H/t17-;16-;/m11./s1. The Morgan fingerprint density at radius 1 is 0.603 bits per heavy atom. The van der Waals surface area contributed by atoms with Crippen molar-refractivity contribution in [3.63, 3.8) is 0 Å². The Hall–Kier alpha value is -5.05. The number of anilines is 2. The van der Waals surface area contributed by atoms with Gasteiger partial charge in [-0.25, -0.2) is 18.7 Å². The van der Waals surface area contributed by atoms with Gasteiger partial charge in [0.1, 0.15) is 35.2 Å².